The predicted octanol–water partition coefficient (Wildman–Crippen LogP) is 3.14. The Hall–Kier alpha value is -4.50. The van der Waals surface area contributed by atoms with E-state index in [0.29, 0.717) is 16.1 Å². The third kappa shape index (κ3) is 8.59. The van der Waals surface area contributed by atoms with Gasteiger partial charge in [0.1, 0.15) is 12.3 Å². The van der Waals surface area contributed by atoms with E-state index < -0.39 is 42.7 Å². The summed E-state index contributed by atoms with van der Waals surface area (Å²) >= 11 is 5.76. The Balaban J connectivity index is 1.37. The van der Waals surface area contributed by atoms with Crippen LogP contribution in [0.3, 0.4) is 0 Å². The maximum Gasteiger partial charge on any atom is 0.343 e. The normalized spacial score (nSPS) is 10.2. The zero-order chi connectivity index (χ0) is 26.8. The van der Waals surface area contributed by atoms with Gasteiger partial charge < -0.3 is 20.1 Å². The van der Waals surface area contributed by atoms with E-state index in [9.17, 15) is 24.0 Å². The number of aryl methyl sites for hydroxylation is 1. The van der Waals surface area contributed by atoms with Crippen LogP contribution >= 0.6 is 11.6 Å². The minimum Gasteiger partial charge on any atom is -0.456 e. The zero-order valence-electron chi connectivity index (χ0n) is 19.8. The Morgan fingerprint density at radius 3 is 1.97 bits per heavy atom. The summed E-state index contributed by atoms with van der Waals surface area (Å²) in [5.74, 6) is -2.66. The number of nitrogens with one attached hydrogen (secondary N) is 2. The van der Waals surface area contributed by atoms with Crippen molar-refractivity contribution in [2.45, 2.75) is 6.92 Å². The molecule has 37 heavy (non-hydrogen) atoms. The molecule has 3 aromatic rings. The maximum absolute atomic E-state index is 12.3. The van der Waals surface area contributed by atoms with E-state index in [0.717, 1.165) is 5.56 Å². The number of carbonyl (C=O) groups excluding carboxylic acids is 5. The molecule has 0 aliphatic heterocycles. The highest BCUT2D eigenvalue weighted by atomic mass is 35.5. The summed E-state index contributed by atoms with van der Waals surface area (Å²) in [5, 5.41) is 5.18. The van der Waals surface area contributed by atoms with Gasteiger partial charge in [0, 0.05) is 16.1 Å². The highest BCUT2D eigenvalue weighted by Gasteiger charge is 2.14. The number of Topliss-reactive ketones (excluding diaryl/α,β-unsaturated/α-hetero) is 1. The largest absolute Gasteiger partial charge is 0.456 e. The van der Waals surface area contributed by atoms with Gasteiger partial charge in [-0.15, -0.1) is 0 Å². The zero-order valence-corrected chi connectivity index (χ0v) is 20.5. The molecule has 0 aliphatic rings. The van der Waals surface area contributed by atoms with Crippen LogP contribution in [0.1, 0.15) is 36.6 Å². The monoisotopic (exact) mass is 522 g/mol. The molecule has 9 nitrogen and oxygen atoms in total. The highest BCUT2D eigenvalue weighted by molar-refractivity contribution is 6.30. The Kier molecular flexibility index (Phi) is 9.51. The van der Waals surface area contributed by atoms with Crippen molar-refractivity contribution >= 4 is 41.1 Å². The number of carbonyl (C=O) groups is 5. The first kappa shape index (κ1) is 27.1. The summed E-state index contributed by atoms with van der Waals surface area (Å²) in [4.78, 5) is 60.1. The van der Waals surface area contributed by atoms with E-state index in [1.54, 1.807) is 36.4 Å². The lowest BCUT2D eigenvalue weighted by Gasteiger charge is -2.08. The Labute approximate surface area is 217 Å². The van der Waals surface area contributed by atoms with Crippen molar-refractivity contribution in [3.05, 3.63) is 100 Å². The van der Waals surface area contributed by atoms with Crippen molar-refractivity contribution in [3.8, 4) is 5.75 Å². The number of halogens is 1. The molecule has 3 rings (SSSR count). The number of ketones is 1. The molecule has 2 N–H and O–H groups in total. The first-order valence-electron chi connectivity index (χ1n) is 11.1. The average Bonchev–Trinajstić information content (AvgIpc) is 2.90. The molecule has 0 saturated carbocycles. The smallest absolute Gasteiger partial charge is 0.343 e. The van der Waals surface area contributed by atoms with Crippen LogP contribution in [0.4, 0.5) is 0 Å². The Bertz CT molecular complexity index is 1290. The van der Waals surface area contributed by atoms with Crippen LogP contribution in [0.2, 0.25) is 5.02 Å². The molecule has 190 valence electrons. The van der Waals surface area contributed by atoms with E-state index in [4.69, 9.17) is 21.1 Å². The van der Waals surface area contributed by atoms with Gasteiger partial charge >= 0.3 is 11.9 Å². The summed E-state index contributed by atoms with van der Waals surface area (Å²) in [6.07, 6.45) is 0. The standard InChI is InChI=1S/C27H23ClN2O7/c1-17-2-4-20(5-3-17)27(35)37-22-12-8-18(9-13-22)23(31)16-36-25(33)15-29-24(32)14-30-26(34)19-6-10-21(28)11-7-19/h2-13H,14-16H2,1H3,(H,29,32)(H,30,34). The van der Waals surface area contributed by atoms with Crippen LogP contribution in [0.15, 0.2) is 72.8 Å². The minimum atomic E-state index is -0.825. The topological polar surface area (TPSA) is 128 Å². The molecule has 0 aliphatic carbocycles. The first-order valence-corrected chi connectivity index (χ1v) is 11.5. The number of ether oxygens (including phenoxy) is 2. The van der Waals surface area contributed by atoms with Gasteiger partial charge in [-0.3, -0.25) is 19.2 Å². The number of rotatable bonds is 10. The SMILES string of the molecule is Cc1ccc(C(=O)Oc2ccc(C(=O)COC(=O)CNC(=O)CNC(=O)c3ccc(Cl)cc3)cc2)cc1. The van der Waals surface area contributed by atoms with Crippen molar-refractivity contribution in [2.75, 3.05) is 19.7 Å². The second-order valence-corrected chi connectivity index (χ2v) is 8.27. The van der Waals surface area contributed by atoms with Gasteiger partial charge in [-0.25, -0.2) is 4.79 Å². The average molecular weight is 523 g/mol. The quantitative estimate of drug-likeness (QED) is 0.238. The van der Waals surface area contributed by atoms with Crippen LogP contribution in [0, 0.1) is 6.92 Å². The minimum absolute atomic E-state index is 0.247. The van der Waals surface area contributed by atoms with Gasteiger partial charge in [0.15, 0.2) is 12.4 Å². The summed E-state index contributed by atoms with van der Waals surface area (Å²) in [7, 11) is 0. The number of amides is 2. The maximum atomic E-state index is 12.3. The van der Waals surface area contributed by atoms with Gasteiger partial charge in [0.25, 0.3) is 5.91 Å². The van der Waals surface area contributed by atoms with E-state index in [1.165, 1.54) is 36.4 Å². The second-order valence-electron chi connectivity index (χ2n) is 7.83. The molecule has 0 atom stereocenters. The van der Waals surface area contributed by atoms with Crippen molar-refractivity contribution < 1.29 is 33.4 Å². The van der Waals surface area contributed by atoms with Gasteiger partial charge in [0.05, 0.1) is 12.1 Å². The lowest BCUT2D eigenvalue weighted by molar-refractivity contribution is -0.142. The van der Waals surface area contributed by atoms with Crippen LogP contribution in [-0.4, -0.2) is 49.2 Å². The summed E-state index contributed by atoms with van der Waals surface area (Å²) in [6, 6.07) is 18.8. The molecule has 0 heterocycles. The third-order valence-electron chi connectivity index (χ3n) is 4.98. The van der Waals surface area contributed by atoms with Gasteiger partial charge in [0.2, 0.25) is 5.91 Å². The number of hydrogen-bond acceptors (Lipinski definition) is 7. The molecular formula is C27H23ClN2O7. The van der Waals surface area contributed by atoms with Crippen LogP contribution in [-0.2, 0) is 14.3 Å². The van der Waals surface area contributed by atoms with E-state index >= 15 is 0 Å². The second kappa shape index (κ2) is 13.0. The van der Waals surface area contributed by atoms with Crippen molar-refractivity contribution in [3.63, 3.8) is 0 Å². The Morgan fingerprint density at radius 2 is 1.32 bits per heavy atom. The van der Waals surface area contributed by atoms with E-state index in [-0.39, 0.29) is 17.9 Å². The lowest BCUT2D eigenvalue weighted by atomic mass is 10.1. The van der Waals surface area contributed by atoms with Gasteiger partial charge in [-0.05, 0) is 67.6 Å². The van der Waals surface area contributed by atoms with Gasteiger partial charge in [-0.2, -0.15) is 0 Å². The number of benzene rings is 3. The van der Waals surface area contributed by atoms with Gasteiger partial charge in [-0.1, -0.05) is 29.3 Å². The molecule has 0 fully saturated rings. The van der Waals surface area contributed by atoms with Crippen LogP contribution in [0.5, 0.6) is 5.75 Å². The molecule has 0 bridgehead atoms. The molecule has 10 heteroatoms. The Morgan fingerprint density at radius 1 is 0.730 bits per heavy atom. The summed E-state index contributed by atoms with van der Waals surface area (Å²) < 4.78 is 10.2. The molecule has 0 saturated heterocycles. The molecule has 2 amide bonds. The van der Waals surface area contributed by atoms with E-state index in [1.807, 2.05) is 6.92 Å². The van der Waals surface area contributed by atoms with Crippen LogP contribution in [0.25, 0.3) is 0 Å². The highest BCUT2D eigenvalue weighted by Crippen LogP contribution is 2.15. The van der Waals surface area contributed by atoms with Crippen molar-refractivity contribution in [1.82, 2.24) is 10.6 Å². The van der Waals surface area contributed by atoms with Crippen LogP contribution < -0.4 is 15.4 Å². The third-order valence-corrected chi connectivity index (χ3v) is 5.24. The summed E-state index contributed by atoms with van der Waals surface area (Å²) in [5.41, 5.74) is 1.99. The first-order chi connectivity index (χ1) is 17.7. The fourth-order valence-electron chi connectivity index (χ4n) is 2.94. The fourth-order valence-corrected chi connectivity index (χ4v) is 3.07. The van der Waals surface area contributed by atoms with Crippen molar-refractivity contribution in [1.29, 1.82) is 0 Å². The van der Waals surface area contributed by atoms with Crippen molar-refractivity contribution in [2.24, 2.45) is 0 Å². The molecule has 0 aromatic heterocycles. The van der Waals surface area contributed by atoms with E-state index in [2.05, 4.69) is 10.6 Å². The lowest BCUT2D eigenvalue weighted by Crippen LogP contribution is -2.39. The molecule has 0 spiro atoms. The number of hydrogen-bond donors (Lipinski definition) is 2. The molecular weight excluding hydrogens is 500 g/mol. The summed E-state index contributed by atoms with van der Waals surface area (Å²) in [6.45, 7) is 0.542. The molecule has 3 aromatic carbocycles. The molecule has 0 unspecified atom stereocenters. The fraction of sp³-hybridized carbons (Fsp3) is 0.148. The number of esters is 2. The predicted molar refractivity (Wildman–Crippen MR) is 135 cm³/mol. The molecule has 0 radical (unpaired) electrons.